The average molecular weight is 286 g/mol. The van der Waals surface area contributed by atoms with Crippen molar-refractivity contribution in [1.29, 1.82) is 0 Å². The van der Waals surface area contributed by atoms with E-state index in [-0.39, 0.29) is 5.54 Å². The van der Waals surface area contributed by atoms with Crippen LogP contribution in [0.5, 0.6) is 0 Å². The molecule has 21 heavy (non-hydrogen) atoms. The minimum Gasteiger partial charge on any atom is -0.310 e. The summed E-state index contributed by atoms with van der Waals surface area (Å²) in [5.74, 6) is 0.646. The topological polar surface area (TPSA) is 15.3 Å². The van der Waals surface area contributed by atoms with E-state index in [9.17, 15) is 0 Å². The smallest absolute Gasteiger partial charge is 0.0268 e. The SMILES string of the molecule is C=CC[C@]1(NCCc2ccccc2)C[C@H](C)N(C)C[C@H]1C. The summed E-state index contributed by atoms with van der Waals surface area (Å²) >= 11 is 0. The zero-order valence-corrected chi connectivity index (χ0v) is 13.8. The van der Waals surface area contributed by atoms with E-state index in [0.29, 0.717) is 12.0 Å². The molecule has 3 atom stereocenters. The lowest BCUT2D eigenvalue weighted by atomic mass is 9.74. The summed E-state index contributed by atoms with van der Waals surface area (Å²) in [6.45, 7) is 10.9. The second kappa shape index (κ2) is 7.24. The van der Waals surface area contributed by atoms with Crippen LogP contribution in [-0.4, -0.2) is 36.6 Å². The molecule has 1 saturated heterocycles. The normalized spacial score (nSPS) is 30.2. The van der Waals surface area contributed by atoms with Gasteiger partial charge in [0.1, 0.15) is 0 Å². The number of hydrogen-bond donors (Lipinski definition) is 1. The van der Waals surface area contributed by atoms with Gasteiger partial charge >= 0.3 is 0 Å². The number of hydrogen-bond acceptors (Lipinski definition) is 2. The van der Waals surface area contributed by atoms with E-state index in [1.165, 1.54) is 12.0 Å². The maximum Gasteiger partial charge on any atom is 0.0268 e. The molecule has 0 amide bonds. The van der Waals surface area contributed by atoms with Crippen LogP contribution in [0.25, 0.3) is 0 Å². The first-order valence-corrected chi connectivity index (χ1v) is 8.17. The summed E-state index contributed by atoms with van der Waals surface area (Å²) in [6, 6.07) is 11.4. The molecule has 0 unspecified atom stereocenters. The molecule has 1 fully saturated rings. The van der Waals surface area contributed by atoms with Gasteiger partial charge in [-0.2, -0.15) is 0 Å². The van der Waals surface area contributed by atoms with Crippen molar-refractivity contribution in [1.82, 2.24) is 10.2 Å². The van der Waals surface area contributed by atoms with Gasteiger partial charge in [0.2, 0.25) is 0 Å². The molecule has 1 N–H and O–H groups in total. The summed E-state index contributed by atoms with van der Waals surface area (Å²) in [7, 11) is 2.24. The molecule has 0 aromatic heterocycles. The number of benzene rings is 1. The molecule has 0 aliphatic carbocycles. The predicted molar refractivity (Wildman–Crippen MR) is 91.6 cm³/mol. The van der Waals surface area contributed by atoms with E-state index in [1.807, 2.05) is 0 Å². The Morgan fingerprint density at radius 2 is 2.05 bits per heavy atom. The van der Waals surface area contributed by atoms with E-state index in [1.54, 1.807) is 0 Å². The Hall–Kier alpha value is -1.12. The molecule has 2 nitrogen and oxygen atoms in total. The fourth-order valence-corrected chi connectivity index (χ4v) is 3.63. The quantitative estimate of drug-likeness (QED) is 0.805. The Labute approximate surface area is 130 Å². The maximum absolute atomic E-state index is 3.99. The highest BCUT2D eigenvalue weighted by Gasteiger charge is 2.41. The van der Waals surface area contributed by atoms with Crippen LogP contribution >= 0.6 is 0 Å². The number of nitrogens with one attached hydrogen (secondary N) is 1. The maximum atomic E-state index is 3.99. The Kier molecular flexibility index (Phi) is 5.60. The van der Waals surface area contributed by atoms with Gasteiger partial charge in [-0.25, -0.2) is 0 Å². The lowest BCUT2D eigenvalue weighted by Gasteiger charge is -2.49. The zero-order valence-electron chi connectivity index (χ0n) is 13.8. The first-order valence-electron chi connectivity index (χ1n) is 8.17. The van der Waals surface area contributed by atoms with E-state index in [0.717, 1.165) is 25.9 Å². The van der Waals surface area contributed by atoms with E-state index in [4.69, 9.17) is 0 Å². The van der Waals surface area contributed by atoms with Crippen LogP contribution in [0.1, 0.15) is 32.3 Å². The predicted octanol–water partition coefficient (Wildman–Crippen LogP) is 3.49. The van der Waals surface area contributed by atoms with E-state index < -0.39 is 0 Å². The Bertz CT molecular complexity index is 442. The molecule has 0 bridgehead atoms. The van der Waals surface area contributed by atoms with Gasteiger partial charge in [-0.15, -0.1) is 6.58 Å². The second-order valence-corrected chi connectivity index (χ2v) is 6.71. The zero-order chi connectivity index (χ0) is 15.3. The summed E-state index contributed by atoms with van der Waals surface area (Å²) in [4.78, 5) is 2.48. The van der Waals surface area contributed by atoms with Gasteiger partial charge in [-0.3, -0.25) is 0 Å². The Morgan fingerprint density at radius 1 is 1.33 bits per heavy atom. The van der Waals surface area contributed by atoms with Crippen LogP contribution in [0, 0.1) is 5.92 Å². The fourth-order valence-electron chi connectivity index (χ4n) is 3.63. The van der Waals surface area contributed by atoms with Crippen molar-refractivity contribution >= 4 is 0 Å². The Balaban J connectivity index is 1.99. The van der Waals surface area contributed by atoms with Crippen LogP contribution in [-0.2, 0) is 6.42 Å². The first-order chi connectivity index (χ1) is 10.1. The number of likely N-dealkylation sites (tertiary alicyclic amines) is 1. The number of piperidine rings is 1. The van der Waals surface area contributed by atoms with Crippen molar-refractivity contribution < 1.29 is 0 Å². The van der Waals surface area contributed by atoms with Crippen molar-refractivity contribution in [3.63, 3.8) is 0 Å². The molecule has 0 saturated carbocycles. The van der Waals surface area contributed by atoms with Gasteiger partial charge < -0.3 is 10.2 Å². The van der Waals surface area contributed by atoms with Gasteiger partial charge in [0, 0.05) is 18.1 Å². The molecule has 2 rings (SSSR count). The highest BCUT2D eigenvalue weighted by molar-refractivity contribution is 5.15. The van der Waals surface area contributed by atoms with Crippen molar-refractivity contribution in [2.45, 2.75) is 44.7 Å². The highest BCUT2D eigenvalue weighted by atomic mass is 15.2. The van der Waals surface area contributed by atoms with Crippen molar-refractivity contribution in [2.24, 2.45) is 5.92 Å². The molecule has 1 aliphatic rings. The molecule has 1 heterocycles. The Morgan fingerprint density at radius 3 is 2.71 bits per heavy atom. The van der Waals surface area contributed by atoms with Crippen LogP contribution in [0.15, 0.2) is 43.0 Å². The van der Waals surface area contributed by atoms with Crippen LogP contribution < -0.4 is 5.32 Å². The number of nitrogens with zero attached hydrogens (tertiary/aromatic N) is 1. The minimum atomic E-state index is 0.211. The molecule has 0 radical (unpaired) electrons. The monoisotopic (exact) mass is 286 g/mol. The third-order valence-corrected chi connectivity index (χ3v) is 5.16. The average Bonchev–Trinajstić information content (AvgIpc) is 2.47. The standard InChI is InChI=1S/C19H30N2/c1-5-12-19(14-17(3)21(4)15-16(19)2)20-13-11-18-9-7-6-8-10-18/h5-10,16-17,20H,1,11-15H2,2-4H3/t16-,17+,19+/m1/s1. The lowest BCUT2D eigenvalue weighted by molar-refractivity contribution is 0.0564. The molecule has 1 aromatic carbocycles. The van der Waals surface area contributed by atoms with E-state index >= 15 is 0 Å². The van der Waals surface area contributed by atoms with Gasteiger partial charge in [-0.05, 0) is 51.3 Å². The molecule has 2 heteroatoms. The first kappa shape index (κ1) is 16.3. The summed E-state index contributed by atoms with van der Waals surface area (Å²) < 4.78 is 0. The molecular weight excluding hydrogens is 256 g/mol. The second-order valence-electron chi connectivity index (χ2n) is 6.71. The van der Waals surface area contributed by atoms with Gasteiger partial charge in [0.05, 0.1) is 0 Å². The van der Waals surface area contributed by atoms with E-state index in [2.05, 4.69) is 74.1 Å². The van der Waals surface area contributed by atoms with Crippen molar-refractivity contribution in [3.05, 3.63) is 48.6 Å². The van der Waals surface area contributed by atoms with Crippen molar-refractivity contribution in [3.8, 4) is 0 Å². The van der Waals surface area contributed by atoms with Gasteiger partial charge in [-0.1, -0.05) is 43.3 Å². The van der Waals surface area contributed by atoms with Crippen LogP contribution in [0.3, 0.4) is 0 Å². The summed E-state index contributed by atoms with van der Waals surface area (Å²) in [6.07, 6.45) is 5.44. The third-order valence-electron chi connectivity index (χ3n) is 5.16. The molecule has 0 spiro atoms. The summed E-state index contributed by atoms with van der Waals surface area (Å²) in [5.41, 5.74) is 1.62. The number of rotatable bonds is 6. The molecule has 1 aliphatic heterocycles. The minimum absolute atomic E-state index is 0.211. The summed E-state index contributed by atoms with van der Waals surface area (Å²) in [5, 5.41) is 3.89. The van der Waals surface area contributed by atoms with Gasteiger partial charge in [0.15, 0.2) is 0 Å². The van der Waals surface area contributed by atoms with Crippen LogP contribution in [0.4, 0.5) is 0 Å². The molecule has 1 aromatic rings. The molecule has 116 valence electrons. The lowest BCUT2D eigenvalue weighted by Crippen LogP contribution is -2.60. The van der Waals surface area contributed by atoms with Crippen LogP contribution in [0.2, 0.25) is 0 Å². The largest absolute Gasteiger partial charge is 0.310 e. The highest BCUT2D eigenvalue weighted by Crippen LogP contribution is 2.34. The van der Waals surface area contributed by atoms with Gasteiger partial charge in [0.25, 0.3) is 0 Å². The fraction of sp³-hybridized carbons (Fsp3) is 0.579. The third kappa shape index (κ3) is 3.96. The van der Waals surface area contributed by atoms with Crippen molar-refractivity contribution in [2.75, 3.05) is 20.1 Å². The molecular formula is C19H30N2.